The van der Waals surface area contributed by atoms with E-state index in [0.717, 1.165) is 10.7 Å². The van der Waals surface area contributed by atoms with Gasteiger partial charge in [-0.15, -0.1) is 0 Å². The van der Waals surface area contributed by atoms with Crippen molar-refractivity contribution in [1.82, 2.24) is 4.57 Å². The van der Waals surface area contributed by atoms with Crippen LogP contribution in [0.3, 0.4) is 0 Å². The van der Waals surface area contributed by atoms with Crippen LogP contribution >= 0.6 is 0 Å². The third-order valence-corrected chi connectivity index (χ3v) is 2.64. The summed E-state index contributed by atoms with van der Waals surface area (Å²) in [4.78, 5) is 0. The van der Waals surface area contributed by atoms with Gasteiger partial charge in [0.2, 0.25) is 0 Å². The first-order valence-corrected chi connectivity index (χ1v) is 4.81. The zero-order chi connectivity index (χ0) is 8.43. The molecule has 0 saturated heterocycles. The van der Waals surface area contributed by atoms with Crippen molar-refractivity contribution < 1.29 is 9.32 Å². The number of aliphatic hydroxyl groups is 1. The Kier molecular flexibility index (Phi) is 2.46. The quantitative estimate of drug-likeness (QED) is 0.697. The summed E-state index contributed by atoms with van der Waals surface area (Å²) in [6, 6.07) is 3.54. The Hall–Kier alpha value is -0.610. The zero-order valence-corrected chi connectivity index (χ0v) is 7.39. The van der Waals surface area contributed by atoms with E-state index >= 15 is 0 Å². The molecule has 0 amide bonds. The molecule has 1 atom stereocenters. The van der Waals surface area contributed by atoms with E-state index < -0.39 is 10.8 Å². The average Bonchev–Trinajstić information content (AvgIpc) is 2.30. The molecule has 11 heavy (non-hydrogen) atoms. The second-order valence-electron chi connectivity index (χ2n) is 2.33. The van der Waals surface area contributed by atoms with Gasteiger partial charge in [-0.05, 0) is 12.1 Å². The highest BCUT2D eigenvalue weighted by Gasteiger charge is 2.05. The van der Waals surface area contributed by atoms with Gasteiger partial charge in [-0.2, -0.15) is 0 Å². The Bertz CT molecular complexity index is 280. The predicted molar refractivity (Wildman–Crippen MR) is 43.7 cm³/mol. The van der Waals surface area contributed by atoms with Crippen LogP contribution in [0.15, 0.2) is 17.2 Å². The third-order valence-electron chi connectivity index (χ3n) is 1.64. The molecule has 0 aromatic carbocycles. The highest BCUT2D eigenvalue weighted by molar-refractivity contribution is 7.84. The molecule has 0 bridgehead atoms. The maximum atomic E-state index is 11.0. The van der Waals surface area contributed by atoms with Crippen LogP contribution in [0.5, 0.6) is 0 Å². The summed E-state index contributed by atoms with van der Waals surface area (Å²) >= 11 is 0. The van der Waals surface area contributed by atoms with Gasteiger partial charge in [-0.25, -0.2) is 0 Å². The fourth-order valence-corrected chi connectivity index (χ4v) is 1.74. The fraction of sp³-hybridized carbons (Fsp3) is 0.429. The van der Waals surface area contributed by atoms with E-state index in [4.69, 9.17) is 5.11 Å². The molecule has 62 valence electrons. The largest absolute Gasteiger partial charge is 0.390 e. The number of aliphatic hydroxyl groups excluding tert-OH is 1. The lowest BCUT2D eigenvalue weighted by Crippen LogP contribution is -2.01. The first-order chi connectivity index (χ1) is 5.16. The molecule has 0 aliphatic heterocycles. The van der Waals surface area contributed by atoms with Crippen LogP contribution in [0.25, 0.3) is 0 Å². The van der Waals surface area contributed by atoms with Crippen molar-refractivity contribution in [3.05, 3.63) is 17.8 Å². The minimum Gasteiger partial charge on any atom is -0.390 e. The normalized spacial score (nSPS) is 13.4. The number of hydrogen-bond donors (Lipinski definition) is 1. The van der Waals surface area contributed by atoms with Crippen LogP contribution in [0.4, 0.5) is 0 Å². The van der Waals surface area contributed by atoms with Gasteiger partial charge in [0.1, 0.15) is 5.03 Å². The van der Waals surface area contributed by atoms with Crippen molar-refractivity contribution in [3.8, 4) is 0 Å². The number of nitrogens with zero attached hydrogens (tertiary/aromatic N) is 1. The van der Waals surface area contributed by atoms with E-state index in [0.29, 0.717) is 0 Å². The first kappa shape index (κ1) is 8.49. The number of aromatic nitrogens is 1. The van der Waals surface area contributed by atoms with Crippen LogP contribution in [-0.2, 0) is 24.5 Å². The van der Waals surface area contributed by atoms with Crippen LogP contribution in [0.1, 0.15) is 5.69 Å². The third kappa shape index (κ3) is 1.52. The van der Waals surface area contributed by atoms with E-state index in [1.165, 1.54) is 0 Å². The zero-order valence-electron chi connectivity index (χ0n) is 6.57. The molecule has 4 heteroatoms. The van der Waals surface area contributed by atoms with Gasteiger partial charge in [0.25, 0.3) is 0 Å². The van der Waals surface area contributed by atoms with E-state index in [9.17, 15) is 4.21 Å². The Labute approximate surface area is 68.1 Å². The molecule has 0 aliphatic carbocycles. The molecule has 1 rings (SSSR count). The second-order valence-corrected chi connectivity index (χ2v) is 3.66. The summed E-state index contributed by atoms with van der Waals surface area (Å²) in [5.74, 6) is 0. The van der Waals surface area contributed by atoms with Gasteiger partial charge in [0.05, 0.1) is 17.4 Å². The highest BCUT2D eigenvalue weighted by atomic mass is 32.2. The molecular weight excluding hydrogens is 162 g/mol. The monoisotopic (exact) mass is 173 g/mol. The fourth-order valence-electron chi connectivity index (χ4n) is 0.980. The molecule has 1 unspecified atom stereocenters. The first-order valence-electron chi connectivity index (χ1n) is 3.25. The average molecular weight is 173 g/mol. The van der Waals surface area contributed by atoms with Gasteiger partial charge in [0, 0.05) is 19.0 Å². The van der Waals surface area contributed by atoms with Crippen molar-refractivity contribution in [2.45, 2.75) is 11.6 Å². The molecule has 0 fully saturated rings. The lowest BCUT2D eigenvalue weighted by Gasteiger charge is -2.01. The minimum absolute atomic E-state index is 0.00625. The molecule has 0 radical (unpaired) electrons. The van der Waals surface area contributed by atoms with Crippen LogP contribution in [0, 0.1) is 0 Å². The summed E-state index contributed by atoms with van der Waals surface area (Å²) in [7, 11) is 0.824. The molecule has 1 aromatic heterocycles. The summed E-state index contributed by atoms with van der Waals surface area (Å²) < 4.78 is 12.8. The molecule has 1 N–H and O–H groups in total. The predicted octanol–water partition coefficient (Wildman–Crippen LogP) is 0.255. The van der Waals surface area contributed by atoms with Gasteiger partial charge in [-0.3, -0.25) is 4.21 Å². The lowest BCUT2D eigenvalue weighted by atomic mass is 10.5. The molecule has 0 spiro atoms. The molecule has 1 heterocycles. The Morgan fingerprint density at radius 1 is 1.64 bits per heavy atom. The number of hydrogen-bond acceptors (Lipinski definition) is 2. The van der Waals surface area contributed by atoms with Gasteiger partial charge >= 0.3 is 0 Å². The minimum atomic E-state index is -0.969. The van der Waals surface area contributed by atoms with Gasteiger partial charge in [0.15, 0.2) is 0 Å². The standard InChI is InChI=1S/C7H11NO2S/c1-8-6(5-9)3-4-7(8)11(2)10/h3-4,9H,5H2,1-2H3. The van der Waals surface area contributed by atoms with Gasteiger partial charge in [-0.1, -0.05) is 0 Å². The molecule has 3 nitrogen and oxygen atoms in total. The van der Waals surface area contributed by atoms with Crippen LogP contribution in [-0.4, -0.2) is 20.1 Å². The van der Waals surface area contributed by atoms with Gasteiger partial charge < -0.3 is 9.67 Å². The SMILES string of the molecule is Cn1c(CO)ccc1S(C)=O. The summed E-state index contributed by atoms with van der Waals surface area (Å²) in [6.07, 6.45) is 1.62. The molecule has 1 aromatic rings. The number of rotatable bonds is 2. The Morgan fingerprint density at radius 2 is 2.27 bits per heavy atom. The van der Waals surface area contributed by atoms with E-state index in [2.05, 4.69) is 0 Å². The van der Waals surface area contributed by atoms with Crippen LogP contribution in [0.2, 0.25) is 0 Å². The Balaban J connectivity index is 3.10. The van der Waals surface area contributed by atoms with E-state index in [1.807, 2.05) is 0 Å². The van der Waals surface area contributed by atoms with Crippen molar-refractivity contribution in [1.29, 1.82) is 0 Å². The molecule has 0 saturated carbocycles. The Morgan fingerprint density at radius 3 is 2.55 bits per heavy atom. The maximum absolute atomic E-state index is 11.0. The van der Waals surface area contributed by atoms with Crippen molar-refractivity contribution in [3.63, 3.8) is 0 Å². The second kappa shape index (κ2) is 3.19. The van der Waals surface area contributed by atoms with Crippen molar-refractivity contribution in [2.75, 3.05) is 6.26 Å². The van der Waals surface area contributed by atoms with E-state index in [-0.39, 0.29) is 6.61 Å². The summed E-state index contributed by atoms with van der Waals surface area (Å²) in [5, 5.41) is 9.54. The molecular formula is C7H11NO2S. The summed E-state index contributed by atoms with van der Waals surface area (Å²) in [6.45, 7) is -0.00625. The van der Waals surface area contributed by atoms with Crippen molar-refractivity contribution in [2.24, 2.45) is 7.05 Å². The highest BCUT2D eigenvalue weighted by Crippen LogP contribution is 2.09. The summed E-state index contributed by atoms with van der Waals surface area (Å²) in [5.41, 5.74) is 0.787. The molecule has 0 aliphatic rings. The smallest absolute Gasteiger partial charge is 0.106 e. The maximum Gasteiger partial charge on any atom is 0.106 e. The van der Waals surface area contributed by atoms with Crippen LogP contribution < -0.4 is 0 Å². The topological polar surface area (TPSA) is 42.2 Å². The van der Waals surface area contributed by atoms with E-state index in [1.54, 1.807) is 30.0 Å². The lowest BCUT2D eigenvalue weighted by molar-refractivity contribution is 0.271. The van der Waals surface area contributed by atoms with Crippen molar-refractivity contribution >= 4 is 10.8 Å².